The molecule has 0 saturated carbocycles. The minimum absolute atomic E-state index is 0.00209. The topological polar surface area (TPSA) is 50.5 Å². The van der Waals surface area contributed by atoms with Crippen molar-refractivity contribution in [2.24, 2.45) is 0 Å². The van der Waals surface area contributed by atoms with Crippen molar-refractivity contribution in [1.29, 1.82) is 0 Å². The Balaban J connectivity index is 1.67. The average Bonchev–Trinajstić information content (AvgIpc) is 3.06. The monoisotopic (exact) mass is 306 g/mol. The fourth-order valence-electron chi connectivity index (χ4n) is 3.28. The van der Waals surface area contributed by atoms with Gasteiger partial charge in [0, 0.05) is 31.3 Å². The van der Waals surface area contributed by atoms with Gasteiger partial charge in [-0.15, -0.1) is 0 Å². The number of aromatic nitrogens is 3. The fraction of sp³-hybridized carbons (Fsp3) is 0.278. The third-order valence-electron chi connectivity index (χ3n) is 4.42. The molecule has 1 aliphatic heterocycles. The molecular weight excluding hydrogens is 288 g/mol. The van der Waals surface area contributed by atoms with Crippen molar-refractivity contribution in [3.63, 3.8) is 0 Å². The highest BCUT2D eigenvalue weighted by Gasteiger charge is 2.30. The third-order valence-corrected chi connectivity index (χ3v) is 4.42. The minimum Gasteiger partial charge on any atom is -0.330 e. The van der Waals surface area contributed by atoms with Crippen LogP contribution in [0.2, 0.25) is 0 Å². The summed E-state index contributed by atoms with van der Waals surface area (Å²) in [5, 5.41) is 0. The first-order valence-electron chi connectivity index (χ1n) is 7.97. The van der Waals surface area contributed by atoms with E-state index in [4.69, 9.17) is 0 Å². The van der Waals surface area contributed by atoms with Crippen LogP contribution in [0.3, 0.4) is 0 Å². The van der Waals surface area contributed by atoms with Crippen LogP contribution in [0.15, 0.2) is 55.1 Å². The fourth-order valence-corrected chi connectivity index (χ4v) is 3.28. The maximum atomic E-state index is 13.0. The van der Waals surface area contributed by atoms with E-state index in [1.807, 2.05) is 58.2 Å². The number of fused-ring (bicyclic) bond motifs is 1. The lowest BCUT2D eigenvalue weighted by Gasteiger charge is -2.35. The number of imidazole rings is 1. The molecule has 0 bridgehead atoms. The molecule has 4 heterocycles. The molecule has 116 valence electrons. The highest BCUT2D eigenvalue weighted by atomic mass is 16.2. The van der Waals surface area contributed by atoms with Gasteiger partial charge in [-0.1, -0.05) is 12.1 Å². The quantitative estimate of drug-likeness (QED) is 0.731. The van der Waals surface area contributed by atoms with Gasteiger partial charge in [-0.3, -0.25) is 9.78 Å². The maximum absolute atomic E-state index is 13.0. The van der Waals surface area contributed by atoms with Crippen LogP contribution in [0, 0.1) is 0 Å². The number of carbonyl (C=O) groups is 1. The predicted octanol–water partition coefficient (Wildman–Crippen LogP) is 3.10. The van der Waals surface area contributed by atoms with Gasteiger partial charge in [0.1, 0.15) is 11.3 Å². The van der Waals surface area contributed by atoms with Gasteiger partial charge in [0.05, 0.1) is 6.04 Å². The standard InChI is InChI=1S/C18H18N4O/c23-18(15-13-21-10-3-2-8-17(21)20-15)22-11-4-1-7-16(22)14-6-5-9-19-12-14/h2-3,5-6,8-10,12-13,16H,1,4,7,11H2/t16-/m0/s1. The van der Waals surface area contributed by atoms with Crippen LogP contribution in [-0.4, -0.2) is 31.7 Å². The van der Waals surface area contributed by atoms with E-state index in [0.29, 0.717) is 5.69 Å². The summed E-state index contributed by atoms with van der Waals surface area (Å²) in [5.74, 6) is 0.00209. The van der Waals surface area contributed by atoms with E-state index in [1.165, 1.54) is 0 Å². The highest BCUT2D eigenvalue weighted by Crippen LogP contribution is 2.31. The molecule has 5 nitrogen and oxygen atoms in total. The molecule has 1 saturated heterocycles. The van der Waals surface area contributed by atoms with E-state index in [9.17, 15) is 4.79 Å². The highest BCUT2D eigenvalue weighted by molar-refractivity contribution is 5.93. The second-order valence-electron chi connectivity index (χ2n) is 5.89. The SMILES string of the molecule is O=C(c1cn2ccccc2n1)N1CCCC[C@H]1c1cccnc1. The molecule has 1 atom stereocenters. The number of rotatable bonds is 2. The Labute approximate surface area is 134 Å². The molecule has 1 amide bonds. The van der Waals surface area contributed by atoms with Gasteiger partial charge in [0.25, 0.3) is 5.91 Å². The Bertz CT molecular complexity index is 794. The van der Waals surface area contributed by atoms with E-state index in [1.54, 1.807) is 6.20 Å². The molecule has 0 unspecified atom stereocenters. The zero-order valence-corrected chi connectivity index (χ0v) is 12.8. The zero-order valence-electron chi connectivity index (χ0n) is 12.8. The summed E-state index contributed by atoms with van der Waals surface area (Å²) in [6.45, 7) is 0.770. The van der Waals surface area contributed by atoms with Gasteiger partial charge >= 0.3 is 0 Å². The molecular formula is C18H18N4O. The van der Waals surface area contributed by atoms with E-state index in [0.717, 1.165) is 37.0 Å². The van der Waals surface area contributed by atoms with Crippen molar-refractivity contribution in [2.75, 3.05) is 6.54 Å². The van der Waals surface area contributed by atoms with Crippen molar-refractivity contribution >= 4 is 11.6 Å². The van der Waals surface area contributed by atoms with Gasteiger partial charge in [0.2, 0.25) is 0 Å². The van der Waals surface area contributed by atoms with Crippen molar-refractivity contribution in [2.45, 2.75) is 25.3 Å². The Hall–Kier alpha value is -2.69. The lowest BCUT2D eigenvalue weighted by molar-refractivity contribution is 0.0606. The minimum atomic E-state index is 0.00209. The Morgan fingerprint density at radius 3 is 2.96 bits per heavy atom. The molecule has 4 rings (SSSR count). The first-order chi connectivity index (χ1) is 11.3. The second kappa shape index (κ2) is 5.83. The van der Waals surface area contributed by atoms with Crippen LogP contribution in [0.1, 0.15) is 41.4 Å². The zero-order chi connectivity index (χ0) is 15.6. The molecule has 0 N–H and O–H groups in total. The van der Waals surface area contributed by atoms with E-state index >= 15 is 0 Å². The number of amides is 1. The first-order valence-corrected chi connectivity index (χ1v) is 7.97. The van der Waals surface area contributed by atoms with E-state index in [2.05, 4.69) is 9.97 Å². The number of hydrogen-bond donors (Lipinski definition) is 0. The molecule has 1 aliphatic rings. The third kappa shape index (κ3) is 2.59. The van der Waals surface area contributed by atoms with Gasteiger partial charge < -0.3 is 9.30 Å². The van der Waals surface area contributed by atoms with Gasteiger partial charge in [-0.05, 0) is 43.0 Å². The summed E-state index contributed by atoms with van der Waals surface area (Å²) in [6, 6.07) is 9.84. The smallest absolute Gasteiger partial charge is 0.274 e. The van der Waals surface area contributed by atoms with Crippen LogP contribution < -0.4 is 0 Å². The summed E-state index contributed by atoms with van der Waals surface area (Å²) < 4.78 is 1.89. The lowest BCUT2D eigenvalue weighted by atomic mass is 9.96. The summed E-state index contributed by atoms with van der Waals surface area (Å²) in [7, 11) is 0. The van der Waals surface area contributed by atoms with Crippen LogP contribution in [0.4, 0.5) is 0 Å². The normalized spacial score (nSPS) is 18.3. The van der Waals surface area contributed by atoms with Gasteiger partial charge in [-0.2, -0.15) is 0 Å². The van der Waals surface area contributed by atoms with Crippen LogP contribution >= 0.6 is 0 Å². The van der Waals surface area contributed by atoms with Crippen LogP contribution in [-0.2, 0) is 0 Å². The number of pyridine rings is 2. The first kappa shape index (κ1) is 13.9. The largest absolute Gasteiger partial charge is 0.330 e. The number of likely N-dealkylation sites (tertiary alicyclic amines) is 1. The summed E-state index contributed by atoms with van der Waals surface area (Å²) in [5.41, 5.74) is 2.40. The van der Waals surface area contributed by atoms with Crippen molar-refractivity contribution in [1.82, 2.24) is 19.3 Å². The molecule has 0 aliphatic carbocycles. The van der Waals surface area contributed by atoms with Gasteiger partial charge in [0.15, 0.2) is 0 Å². The molecule has 0 spiro atoms. The number of nitrogens with zero attached hydrogens (tertiary/aromatic N) is 4. The number of piperidine rings is 1. The molecule has 23 heavy (non-hydrogen) atoms. The molecule has 3 aromatic heterocycles. The van der Waals surface area contributed by atoms with Crippen LogP contribution in [0.25, 0.3) is 5.65 Å². The second-order valence-corrected chi connectivity index (χ2v) is 5.89. The lowest BCUT2D eigenvalue weighted by Crippen LogP contribution is -2.38. The van der Waals surface area contributed by atoms with E-state index < -0.39 is 0 Å². The maximum Gasteiger partial charge on any atom is 0.274 e. The average molecular weight is 306 g/mol. The van der Waals surface area contributed by atoms with Crippen molar-refractivity contribution in [3.8, 4) is 0 Å². The summed E-state index contributed by atoms with van der Waals surface area (Å²) in [6.07, 6.45) is 10.5. The molecule has 3 aromatic rings. The van der Waals surface area contributed by atoms with Gasteiger partial charge in [-0.25, -0.2) is 4.98 Å². The Morgan fingerprint density at radius 2 is 2.13 bits per heavy atom. The predicted molar refractivity (Wildman–Crippen MR) is 87.1 cm³/mol. The van der Waals surface area contributed by atoms with E-state index in [-0.39, 0.29) is 11.9 Å². The molecule has 5 heteroatoms. The van der Waals surface area contributed by atoms with Crippen LogP contribution in [0.5, 0.6) is 0 Å². The Morgan fingerprint density at radius 1 is 1.17 bits per heavy atom. The number of hydrogen-bond acceptors (Lipinski definition) is 3. The van der Waals surface area contributed by atoms with Crippen molar-refractivity contribution < 1.29 is 4.79 Å². The molecule has 1 fully saturated rings. The van der Waals surface area contributed by atoms with Crippen molar-refractivity contribution in [3.05, 3.63) is 66.4 Å². The molecule has 0 aromatic carbocycles. The summed E-state index contributed by atoms with van der Waals surface area (Å²) >= 11 is 0. The Kier molecular flexibility index (Phi) is 3.54. The molecule has 0 radical (unpaired) electrons. The number of carbonyl (C=O) groups excluding carboxylic acids is 1. The summed E-state index contributed by atoms with van der Waals surface area (Å²) in [4.78, 5) is 23.6.